The first kappa shape index (κ1) is 15.4. The summed E-state index contributed by atoms with van der Waals surface area (Å²) in [5, 5.41) is 8.93. The number of unbranched alkanes of at least 4 members (excludes halogenated alkanes) is 3. The first-order chi connectivity index (χ1) is 7.72. The van der Waals surface area contributed by atoms with Crippen LogP contribution in [0.2, 0.25) is 0 Å². The van der Waals surface area contributed by atoms with Gasteiger partial charge in [0.25, 0.3) is 0 Å². The Morgan fingerprint density at radius 2 is 1.88 bits per heavy atom. The van der Waals surface area contributed by atoms with Crippen molar-refractivity contribution in [2.75, 3.05) is 20.3 Å². The predicted octanol–water partition coefficient (Wildman–Crippen LogP) is 2.46. The highest BCUT2D eigenvalue weighted by atomic mass is 16.5. The van der Waals surface area contributed by atoms with Crippen LogP contribution in [0, 0.1) is 0 Å². The lowest BCUT2D eigenvalue weighted by molar-refractivity contribution is -0.151. The van der Waals surface area contributed by atoms with Crippen molar-refractivity contribution in [1.82, 2.24) is 0 Å². The van der Waals surface area contributed by atoms with Crippen LogP contribution >= 0.6 is 0 Å². The van der Waals surface area contributed by atoms with Gasteiger partial charge in [-0.25, -0.2) is 4.79 Å². The van der Waals surface area contributed by atoms with E-state index in [1.54, 1.807) is 7.11 Å². The smallest absolute Gasteiger partial charge is 0.332 e. The van der Waals surface area contributed by atoms with E-state index in [-0.39, 0.29) is 0 Å². The lowest BCUT2D eigenvalue weighted by atomic mass is 10.1. The molecule has 4 nitrogen and oxygen atoms in total. The van der Waals surface area contributed by atoms with Gasteiger partial charge in [-0.2, -0.15) is 0 Å². The maximum atomic E-state index is 10.9. The summed E-state index contributed by atoms with van der Waals surface area (Å²) in [6.45, 7) is 3.31. The summed E-state index contributed by atoms with van der Waals surface area (Å²) in [7, 11) is 1.66. The molecule has 16 heavy (non-hydrogen) atoms. The first-order valence-electron chi connectivity index (χ1n) is 6.05. The summed E-state index contributed by atoms with van der Waals surface area (Å²) < 4.78 is 10.2. The molecular weight excluding hydrogens is 208 g/mol. The van der Waals surface area contributed by atoms with E-state index in [0.29, 0.717) is 19.6 Å². The molecule has 0 bridgehead atoms. The predicted molar refractivity (Wildman–Crippen MR) is 62.6 cm³/mol. The van der Waals surface area contributed by atoms with Crippen molar-refractivity contribution in [3.8, 4) is 0 Å². The van der Waals surface area contributed by atoms with Gasteiger partial charge in [-0.05, 0) is 19.3 Å². The topological polar surface area (TPSA) is 55.8 Å². The van der Waals surface area contributed by atoms with Crippen LogP contribution in [0.5, 0.6) is 0 Å². The van der Waals surface area contributed by atoms with Gasteiger partial charge in [0.1, 0.15) is 0 Å². The number of carboxylic acids is 1. The molecule has 0 radical (unpaired) electrons. The molecule has 0 aromatic carbocycles. The molecule has 0 fully saturated rings. The molecule has 0 aromatic heterocycles. The fourth-order valence-electron chi connectivity index (χ4n) is 1.43. The Hall–Kier alpha value is -0.610. The largest absolute Gasteiger partial charge is 0.479 e. The average molecular weight is 232 g/mol. The molecule has 0 rings (SSSR count). The van der Waals surface area contributed by atoms with E-state index in [0.717, 1.165) is 32.1 Å². The van der Waals surface area contributed by atoms with E-state index < -0.39 is 12.1 Å². The van der Waals surface area contributed by atoms with Gasteiger partial charge in [0.2, 0.25) is 0 Å². The minimum atomic E-state index is -0.845. The SMILES string of the molecule is CCCCC[C@H](OCCCCOC)C(=O)O. The molecule has 0 aliphatic heterocycles. The van der Waals surface area contributed by atoms with Crippen molar-refractivity contribution in [1.29, 1.82) is 0 Å². The van der Waals surface area contributed by atoms with Crippen LogP contribution in [0.25, 0.3) is 0 Å². The molecule has 4 heteroatoms. The van der Waals surface area contributed by atoms with Gasteiger partial charge in [0.05, 0.1) is 0 Å². The summed E-state index contributed by atoms with van der Waals surface area (Å²) >= 11 is 0. The highest BCUT2D eigenvalue weighted by Crippen LogP contribution is 2.08. The highest BCUT2D eigenvalue weighted by molar-refractivity contribution is 5.72. The molecule has 0 heterocycles. The zero-order chi connectivity index (χ0) is 12.2. The lowest BCUT2D eigenvalue weighted by Crippen LogP contribution is -2.24. The van der Waals surface area contributed by atoms with Crippen molar-refractivity contribution in [3.63, 3.8) is 0 Å². The second-order valence-corrected chi connectivity index (χ2v) is 3.89. The van der Waals surface area contributed by atoms with Gasteiger partial charge < -0.3 is 14.6 Å². The Morgan fingerprint density at radius 1 is 1.19 bits per heavy atom. The zero-order valence-electron chi connectivity index (χ0n) is 10.4. The standard InChI is InChI=1S/C12H24O4/c1-3-4-5-8-11(12(13)14)16-10-7-6-9-15-2/h11H,3-10H2,1-2H3,(H,13,14)/t11-/m0/s1. The van der Waals surface area contributed by atoms with Crippen LogP contribution < -0.4 is 0 Å². The Balaban J connectivity index is 3.56. The van der Waals surface area contributed by atoms with Gasteiger partial charge in [-0.1, -0.05) is 26.2 Å². The second-order valence-electron chi connectivity index (χ2n) is 3.89. The summed E-state index contributed by atoms with van der Waals surface area (Å²) in [6, 6.07) is 0. The third-order valence-electron chi connectivity index (χ3n) is 2.41. The van der Waals surface area contributed by atoms with Gasteiger partial charge >= 0.3 is 5.97 Å². The minimum Gasteiger partial charge on any atom is -0.479 e. The number of carboxylic acid groups (broad SMARTS) is 1. The number of hydrogen-bond acceptors (Lipinski definition) is 3. The van der Waals surface area contributed by atoms with Crippen LogP contribution in [0.4, 0.5) is 0 Å². The third kappa shape index (κ3) is 8.68. The molecule has 0 aromatic rings. The quantitative estimate of drug-likeness (QED) is 0.556. The molecule has 0 aliphatic rings. The summed E-state index contributed by atoms with van der Waals surface area (Å²) in [5.41, 5.74) is 0. The fraction of sp³-hybridized carbons (Fsp3) is 0.917. The maximum absolute atomic E-state index is 10.9. The van der Waals surface area contributed by atoms with Crippen molar-refractivity contribution in [3.05, 3.63) is 0 Å². The number of methoxy groups -OCH3 is 1. The van der Waals surface area contributed by atoms with Crippen LogP contribution in [0.3, 0.4) is 0 Å². The van der Waals surface area contributed by atoms with Crippen LogP contribution in [0.15, 0.2) is 0 Å². The molecule has 1 atom stereocenters. The molecular formula is C12H24O4. The van der Waals surface area contributed by atoms with Crippen LogP contribution in [-0.4, -0.2) is 37.5 Å². The molecule has 0 saturated carbocycles. The molecule has 0 aliphatic carbocycles. The fourth-order valence-corrected chi connectivity index (χ4v) is 1.43. The Labute approximate surface area is 97.9 Å². The first-order valence-corrected chi connectivity index (χ1v) is 6.05. The van der Waals surface area contributed by atoms with Gasteiger partial charge in [-0.3, -0.25) is 0 Å². The molecule has 0 spiro atoms. The van der Waals surface area contributed by atoms with E-state index in [4.69, 9.17) is 14.6 Å². The van der Waals surface area contributed by atoms with E-state index in [1.165, 1.54) is 0 Å². The summed E-state index contributed by atoms with van der Waals surface area (Å²) in [6.07, 6.45) is 4.84. The van der Waals surface area contributed by atoms with Crippen molar-refractivity contribution in [2.24, 2.45) is 0 Å². The summed E-state index contributed by atoms with van der Waals surface area (Å²) in [5.74, 6) is -0.845. The molecule has 0 unspecified atom stereocenters. The third-order valence-corrected chi connectivity index (χ3v) is 2.41. The van der Waals surface area contributed by atoms with Crippen LogP contribution in [0.1, 0.15) is 45.4 Å². The van der Waals surface area contributed by atoms with E-state index >= 15 is 0 Å². The number of aliphatic carboxylic acids is 1. The van der Waals surface area contributed by atoms with Gasteiger partial charge in [0.15, 0.2) is 6.10 Å². The Kier molecular flexibility index (Phi) is 10.5. The van der Waals surface area contributed by atoms with Crippen molar-refractivity contribution >= 4 is 5.97 Å². The summed E-state index contributed by atoms with van der Waals surface area (Å²) in [4.78, 5) is 10.9. The normalized spacial score (nSPS) is 12.6. The number of carbonyl (C=O) groups is 1. The van der Waals surface area contributed by atoms with Crippen molar-refractivity contribution in [2.45, 2.75) is 51.6 Å². The molecule has 0 saturated heterocycles. The van der Waals surface area contributed by atoms with E-state index in [2.05, 4.69) is 6.92 Å². The van der Waals surface area contributed by atoms with Crippen LogP contribution in [-0.2, 0) is 14.3 Å². The lowest BCUT2D eigenvalue weighted by Gasteiger charge is -2.13. The van der Waals surface area contributed by atoms with Crippen molar-refractivity contribution < 1.29 is 19.4 Å². The van der Waals surface area contributed by atoms with E-state index in [1.807, 2.05) is 0 Å². The monoisotopic (exact) mass is 232 g/mol. The van der Waals surface area contributed by atoms with E-state index in [9.17, 15) is 4.79 Å². The Bertz CT molecular complexity index is 170. The molecule has 96 valence electrons. The minimum absolute atomic E-state index is 0.506. The zero-order valence-corrected chi connectivity index (χ0v) is 10.4. The van der Waals surface area contributed by atoms with Gasteiger partial charge in [-0.15, -0.1) is 0 Å². The average Bonchev–Trinajstić information content (AvgIpc) is 2.26. The number of ether oxygens (including phenoxy) is 2. The molecule has 1 N–H and O–H groups in total. The highest BCUT2D eigenvalue weighted by Gasteiger charge is 2.16. The molecule has 0 amide bonds. The number of hydrogen-bond donors (Lipinski definition) is 1. The maximum Gasteiger partial charge on any atom is 0.332 e. The Morgan fingerprint density at radius 3 is 2.44 bits per heavy atom. The van der Waals surface area contributed by atoms with Gasteiger partial charge in [0, 0.05) is 20.3 Å². The number of rotatable bonds is 11. The second kappa shape index (κ2) is 10.9.